The van der Waals surface area contributed by atoms with Crippen LogP contribution in [0.25, 0.3) is 0 Å². The summed E-state index contributed by atoms with van der Waals surface area (Å²) < 4.78 is 0. The Balaban J connectivity index is 1.77. The van der Waals surface area contributed by atoms with Crippen molar-refractivity contribution in [1.82, 2.24) is 15.1 Å². The molecule has 0 spiro atoms. The van der Waals surface area contributed by atoms with Crippen molar-refractivity contribution >= 4 is 5.91 Å². The molecule has 1 amide bonds. The van der Waals surface area contributed by atoms with Crippen molar-refractivity contribution in [2.24, 2.45) is 5.73 Å². The molecule has 2 fully saturated rings. The number of primary amides is 1. The number of amides is 1. The molecule has 5 heteroatoms. The molecule has 2 atom stereocenters. The summed E-state index contributed by atoms with van der Waals surface area (Å²) in [6.07, 6.45) is 6.82. The van der Waals surface area contributed by atoms with E-state index in [1.807, 2.05) is 6.92 Å². The van der Waals surface area contributed by atoms with Gasteiger partial charge in [-0.2, -0.15) is 0 Å². The minimum atomic E-state index is -0.530. The first kappa shape index (κ1) is 16.7. The van der Waals surface area contributed by atoms with Gasteiger partial charge in [-0.05, 0) is 72.6 Å². The molecular weight excluding hydrogens is 264 g/mol. The second-order valence-electron chi connectivity index (χ2n) is 7.31. The highest BCUT2D eigenvalue weighted by atomic mass is 16.1. The van der Waals surface area contributed by atoms with Gasteiger partial charge in [-0.15, -0.1) is 0 Å². The Bertz CT molecular complexity index is 356. The van der Waals surface area contributed by atoms with Crippen molar-refractivity contribution in [3.8, 4) is 0 Å². The number of likely N-dealkylation sites (N-methyl/N-ethyl adjacent to an activating group) is 1. The SMILES string of the molecule is CN(C)CC1CCCN1CCCC(C)(NC1CC1)C(N)=O. The summed E-state index contributed by atoms with van der Waals surface area (Å²) in [7, 11) is 4.28. The van der Waals surface area contributed by atoms with Gasteiger partial charge in [0, 0.05) is 18.6 Å². The molecule has 0 aromatic carbocycles. The van der Waals surface area contributed by atoms with E-state index in [0.717, 1.165) is 25.9 Å². The van der Waals surface area contributed by atoms with Crippen LogP contribution in [0.4, 0.5) is 0 Å². The Kier molecular flexibility index (Phi) is 5.63. The normalized spacial score (nSPS) is 26.2. The minimum absolute atomic E-state index is 0.208. The maximum Gasteiger partial charge on any atom is 0.237 e. The minimum Gasteiger partial charge on any atom is -0.368 e. The lowest BCUT2D eigenvalue weighted by molar-refractivity contribution is -0.124. The molecule has 1 aliphatic carbocycles. The largest absolute Gasteiger partial charge is 0.368 e. The van der Waals surface area contributed by atoms with E-state index >= 15 is 0 Å². The fourth-order valence-corrected chi connectivity index (χ4v) is 3.40. The van der Waals surface area contributed by atoms with Gasteiger partial charge in [0.15, 0.2) is 0 Å². The van der Waals surface area contributed by atoms with Gasteiger partial charge in [0.25, 0.3) is 0 Å². The number of likely N-dealkylation sites (tertiary alicyclic amines) is 1. The average molecular weight is 296 g/mol. The topological polar surface area (TPSA) is 61.6 Å². The first-order chi connectivity index (χ1) is 9.90. The molecule has 5 nitrogen and oxygen atoms in total. The van der Waals surface area contributed by atoms with Gasteiger partial charge in [0.2, 0.25) is 5.91 Å². The molecule has 3 N–H and O–H groups in total. The van der Waals surface area contributed by atoms with Crippen molar-refractivity contribution in [3.63, 3.8) is 0 Å². The molecule has 1 saturated carbocycles. The first-order valence-electron chi connectivity index (χ1n) is 8.37. The lowest BCUT2D eigenvalue weighted by Crippen LogP contribution is -2.54. The van der Waals surface area contributed by atoms with E-state index in [2.05, 4.69) is 29.2 Å². The van der Waals surface area contributed by atoms with Crippen LogP contribution in [0.3, 0.4) is 0 Å². The number of nitrogens with one attached hydrogen (secondary N) is 1. The number of nitrogens with zero attached hydrogens (tertiary/aromatic N) is 2. The predicted octanol–water partition coefficient (Wildman–Crippen LogP) is 0.789. The van der Waals surface area contributed by atoms with Crippen molar-refractivity contribution in [1.29, 1.82) is 0 Å². The number of hydrogen-bond acceptors (Lipinski definition) is 4. The Morgan fingerprint density at radius 2 is 2.10 bits per heavy atom. The summed E-state index contributed by atoms with van der Waals surface area (Å²) in [6.45, 7) is 5.37. The van der Waals surface area contributed by atoms with E-state index in [1.54, 1.807) is 0 Å². The highest BCUT2D eigenvalue weighted by Gasteiger charge is 2.36. The summed E-state index contributed by atoms with van der Waals surface area (Å²) in [5.74, 6) is -0.208. The smallest absolute Gasteiger partial charge is 0.237 e. The van der Waals surface area contributed by atoms with Crippen LogP contribution in [0, 0.1) is 0 Å². The van der Waals surface area contributed by atoms with Crippen LogP contribution in [0.1, 0.15) is 45.4 Å². The number of carbonyl (C=O) groups is 1. The monoisotopic (exact) mass is 296 g/mol. The van der Waals surface area contributed by atoms with Crippen molar-refractivity contribution in [2.75, 3.05) is 33.7 Å². The summed E-state index contributed by atoms with van der Waals surface area (Å²) in [5, 5.41) is 3.43. The number of nitrogens with two attached hydrogens (primary N) is 1. The summed E-state index contributed by atoms with van der Waals surface area (Å²) in [5.41, 5.74) is 5.08. The van der Waals surface area contributed by atoms with Gasteiger partial charge in [-0.3, -0.25) is 9.69 Å². The van der Waals surface area contributed by atoms with Crippen LogP contribution >= 0.6 is 0 Å². The fraction of sp³-hybridized carbons (Fsp3) is 0.938. The van der Waals surface area contributed by atoms with Gasteiger partial charge in [0.1, 0.15) is 0 Å². The van der Waals surface area contributed by atoms with Crippen LogP contribution in [0.2, 0.25) is 0 Å². The zero-order chi connectivity index (χ0) is 15.5. The zero-order valence-corrected chi connectivity index (χ0v) is 13.9. The van der Waals surface area contributed by atoms with Crippen LogP contribution in [0.5, 0.6) is 0 Å². The second kappa shape index (κ2) is 7.07. The van der Waals surface area contributed by atoms with Crippen molar-refractivity contribution in [3.05, 3.63) is 0 Å². The van der Waals surface area contributed by atoms with Crippen LogP contribution < -0.4 is 11.1 Å². The lowest BCUT2D eigenvalue weighted by Gasteiger charge is -2.30. The van der Waals surface area contributed by atoms with Crippen LogP contribution in [-0.2, 0) is 4.79 Å². The molecule has 0 radical (unpaired) electrons. The molecule has 0 bridgehead atoms. The van der Waals surface area contributed by atoms with Gasteiger partial charge in [-0.1, -0.05) is 0 Å². The molecule has 2 unspecified atom stereocenters. The van der Waals surface area contributed by atoms with E-state index in [4.69, 9.17) is 5.73 Å². The van der Waals surface area contributed by atoms with Gasteiger partial charge in [-0.25, -0.2) is 0 Å². The highest BCUT2D eigenvalue weighted by Crippen LogP contribution is 2.25. The van der Waals surface area contributed by atoms with Crippen molar-refractivity contribution < 1.29 is 4.79 Å². The Morgan fingerprint density at radius 3 is 2.67 bits per heavy atom. The summed E-state index contributed by atoms with van der Waals surface area (Å²) in [6, 6.07) is 1.19. The summed E-state index contributed by atoms with van der Waals surface area (Å²) in [4.78, 5) is 16.6. The van der Waals surface area contributed by atoms with E-state index in [9.17, 15) is 4.79 Å². The lowest BCUT2D eigenvalue weighted by atomic mass is 9.94. The van der Waals surface area contributed by atoms with E-state index in [-0.39, 0.29) is 5.91 Å². The van der Waals surface area contributed by atoms with Crippen LogP contribution in [0.15, 0.2) is 0 Å². The van der Waals surface area contributed by atoms with Gasteiger partial charge >= 0.3 is 0 Å². The van der Waals surface area contributed by atoms with Gasteiger partial charge < -0.3 is 16.0 Å². The quantitative estimate of drug-likeness (QED) is 0.660. The maximum atomic E-state index is 11.8. The molecular formula is C16H32N4O. The molecule has 122 valence electrons. The highest BCUT2D eigenvalue weighted by molar-refractivity contribution is 5.84. The average Bonchev–Trinajstić information content (AvgIpc) is 3.09. The molecule has 1 aliphatic heterocycles. The Hall–Kier alpha value is -0.650. The van der Waals surface area contributed by atoms with E-state index in [0.29, 0.717) is 12.1 Å². The maximum absolute atomic E-state index is 11.8. The third kappa shape index (κ3) is 4.94. The van der Waals surface area contributed by atoms with Crippen LogP contribution in [-0.4, -0.2) is 67.1 Å². The second-order valence-corrected chi connectivity index (χ2v) is 7.31. The number of carbonyl (C=O) groups excluding carboxylic acids is 1. The number of hydrogen-bond donors (Lipinski definition) is 2. The first-order valence-corrected chi connectivity index (χ1v) is 8.37. The van der Waals surface area contributed by atoms with Crippen molar-refractivity contribution in [2.45, 2.75) is 63.1 Å². The van der Waals surface area contributed by atoms with Gasteiger partial charge in [0.05, 0.1) is 5.54 Å². The predicted molar refractivity (Wildman–Crippen MR) is 86.1 cm³/mol. The molecule has 0 aromatic rings. The Morgan fingerprint density at radius 1 is 1.38 bits per heavy atom. The number of rotatable bonds is 9. The summed E-state index contributed by atoms with van der Waals surface area (Å²) >= 11 is 0. The molecule has 1 saturated heterocycles. The Labute approximate surface area is 129 Å². The van der Waals surface area contributed by atoms with E-state index < -0.39 is 5.54 Å². The third-order valence-electron chi connectivity index (χ3n) is 4.84. The molecule has 2 rings (SSSR count). The molecule has 21 heavy (non-hydrogen) atoms. The fourth-order valence-electron chi connectivity index (χ4n) is 3.40. The molecule has 1 heterocycles. The molecule has 2 aliphatic rings. The zero-order valence-electron chi connectivity index (χ0n) is 13.9. The molecule has 0 aromatic heterocycles. The van der Waals surface area contributed by atoms with E-state index in [1.165, 1.54) is 32.2 Å². The third-order valence-corrected chi connectivity index (χ3v) is 4.84. The standard InChI is InChI=1S/C16H32N4O/c1-16(15(17)21,18-13-7-8-13)9-5-11-20-10-4-6-14(20)12-19(2)3/h13-14,18H,4-12H2,1-3H3,(H2,17,21).